The summed E-state index contributed by atoms with van der Waals surface area (Å²) in [5, 5.41) is 10.6. The van der Waals surface area contributed by atoms with E-state index in [0.29, 0.717) is 5.02 Å². The number of nitrogens with zero attached hydrogens (tertiary/aromatic N) is 1. The molecule has 0 aliphatic heterocycles. The summed E-state index contributed by atoms with van der Waals surface area (Å²) in [6, 6.07) is 17.7. The first-order chi connectivity index (χ1) is 7.70. The second-order valence-corrected chi connectivity index (χ2v) is 3.32. The number of rotatable bonds is 1. The van der Waals surface area contributed by atoms with E-state index in [1.54, 1.807) is 0 Å². The molecule has 0 aliphatic carbocycles. The summed E-state index contributed by atoms with van der Waals surface area (Å²) in [7, 11) is 0. The van der Waals surface area contributed by atoms with Crippen molar-refractivity contribution < 1.29 is 4.92 Å². The molecule has 90 valence electrons. The van der Waals surface area contributed by atoms with Gasteiger partial charge in [-0.25, -0.2) is 0 Å². The molecule has 0 aromatic heterocycles. The van der Waals surface area contributed by atoms with Gasteiger partial charge >= 0.3 is 0 Å². The van der Waals surface area contributed by atoms with Crippen LogP contribution in [-0.4, -0.2) is 4.92 Å². The SMILES string of the molecule is Cl.O=[N+]([O-])c1ccc(Cl)cc1.c1ccccc1. The van der Waals surface area contributed by atoms with Gasteiger partial charge in [0.25, 0.3) is 5.69 Å². The molecule has 0 fully saturated rings. The van der Waals surface area contributed by atoms with Gasteiger partial charge in [0.2, 0.25) is 0 Å². The first kappa shape index (κ1) is 15.4. The molecular formula is C12H11Cl2NO2. The largest absolute Gasteiger partial charge is 0.269 e. The van der Waals surface area contributed by atoms with E-state index in [1.807, 2.05) is 36.4 Å². The van der Waals surface area contributed by atoms with Crippen LogP contribution in [0.2, 0.25) is 5.02 Å². The van der Waals surface area contributed by atoms with E-state index in [0.717, 1.165) is 0 Å². The van der Waals surface area contributed by atoms with Gasteiger partial charge in [-0.1, -0.05) is 48.0 Å². The molecule has 3 nitrogen and oxygen atoms in total. The Balaban J connectivity index is 0.000000316. The predicted molar refractivity (Wildman–Crippen MR) is 71.8 cm³/mol. The van der Waals surface area contributed by atoms with Gasteiger partial charge in [-0.05, 0) is 12.1 Å². The van der Waals surface area contributed by atoms with E-state index in [9.17, 15) is 10.1 Å². The first-order valence-corrected chi connectivity index (χ1v) is 4.98. The number of nitro benzene ring substituents is 1. The fraction of sp³-hybridized carbons (Fsp3) is 0. The van der Waals surface area contributed by atoms with Gasteiger partial charge in [-0.2, -0.15) is 0 Å². The molecule has 2 rings (SSSR count). The van der Waals surface area contributed by atoms with E-state index in [4.69, 9.17) is 11.6 Å². The molecule has 0 N–H and O–H groups in total. The maximum absolute atomic E-state index is 10.1. The van der Waals surface area contributed by atoms with Crippen molar-refractivity contribution in [3.05, 3.63) is 75.8 Å². The third-order valence-electron chi connectivity index (χ3n) is 1.70. The van der Waals surface area contributed by atoms with Gasteiger partial charge in [0.15, 0.2) is 0 Å². The Bertz CT molecular complexity index is 405. The second-order valence-electron chi connectivity index (χ2n) is 2.89. The Morgan fingerprint density at radius 1 is 0.882 bits per heavy atom. The number of non-ortho nitro benzene ring substituents is 1. The van der Waals surface area contributed by atoms with Gasteiger partial charge < -0.3 is 0 Å². The molecule has 0 unspecified atom stereocenters. The van der Waals surface area contributed by atoms with Gasteiger partial charge in [-0.15, -0.1) is 12.4 Å². The number of halogens is 2. The number of hydrogen-bond donors (Lipinski definition) is 0. The normalized spacial score (nSPS) is 8.29. The summed E-state index contributed by atoms with van der Waals surface area (Å²) in [6.45, 7) is 0. The topological polar surface area (TPSA) is 43.1 Å². The number of benzene rings is 2. The van der Waals surface area contributed by atoms with E-state index in [2.05, 4.69) is 0 Å². The van der Waals surface area contributed by atoms with Crippen LogP contribution in [-0.2, 0) is 0 Å². The maximum Gasteiger partial charge on any atom is 0.269 e. The highest BCUT2D eigenvalue weighted by molar-refractivity contribution is 6.30. The zero-order chi connectivity index (χ0) is 11.8. The summed E-state index contributed by atoms with van der Waals surface area (Å²) in [5.41, 5.74) is 0.0596. The fourth-order valence-corrected chi connectivity index (χ4v) is 1.07. The van der Waals surface area contributed by atoms with Gasteiger partial charge in [0.1, 0.15) is 0 Å². The lowest BCUT2D eigenvalue weighted by Gasteiger charge is -1.88. The molecule has 0 saturated carbocycles. The van der Waals surface area contributed by atoms with Crippen LogP contribution in [0.3, 0.4) is 0 Å². The monoisotopic (exact) mass is 271 g/mol. The van der Waals surface area contributed by atoms with Crippen LogP contribution in [0.25, 0.3) is 0 Å². The lowest BCUT2D eigenvalue weighted by molar-refractivity contribution is -0.384. The molecule has 2 aromatic carbocycles. The highest BCUT2D eigenvalue weighted by Crippen LogP contribution is 2.14. The minimum atomic E-state index is -0.462. The van der Waals surface area contributed by atoms with Crippen LogP contribution >= 0.6 is 24.0 Å². The van der Waals surface area contributed by atoms with E-state index in [-0.39, 0.29) is 18.1 Å². The summed E-state index contributed by atoms with van der Waals surface area (Å²) in [4.78, 5) is 9.61. The lowest BCUT2D eigenvalue weighted by atomic mass is 10.3. The maximum atomic E-state index is 10.1. The van der Waals surface area contributed by atoms with Crippen LogP contribution in [0.1, 0.15) is 0 Å². The van der Waals surface area contributed by atoms with Crippen molar-refractivity contribution in [1.82, 2.24) is 0 Å². The zero-order valence-corrected chi connectivity index (χ0v) is 10.4. The number of hydrogen-bond acceptors (Lipinski definition) is 2. The van der Waals surface area contributed by atoms with Crippen molar-refractivity contribution in [3.63, 3.8) is 0 Å². The van der Waals surface area contributed by atoms with E-state index < -0.39 is 4.92 Å². The third-order valence-corrected chi connectivity index (χ3v) is 1.96. The molecular weight excluding hydrogens is 261 g/mol. The highest BCUT2D eigenvalue weighted by Gasteiger charge is 2.01. The Hall–Kier alpha value is -1.58. The first-order valence-electron chi connectivity index (χ1n) is 4.60. The minimum Gasteiger partial charge on any atom is -0.258 e. The summed E-state index contributed by atoms with van der Waals surface area (Å²) in [6.07, 6.45) is 0. The van der Waals surface area contributed by atoms with E-state index in [1.165, 1.54) is 24.3 Å². The molecule has 0 aliphatic rings. The van der Waals surface area contributed by atoms with Crippen LogP contribution in [0.4, 0.5) is 5.69 Å². The van der Waals surface area contributed by atoms with Crippen molar-refractivity contribution in [3.8, 4) is 0 Å². The number of nitro groups is 1. The Morgan fingerprint density at radius 2 is 1.24 bits per heavy atom. The lowest BCUT2D eigenvalue weighted by Crippen LogP contribution is -1.85. The highest BCUT2D eigenvalue weighted by atomic mass is 35.5. The van der Waals surface area contributed by atoms with Crippen molar-refractivity contribution >= 4 is 29.7 Å². The van der Waals surface area contributed by atoms with Gasteiger partial charge in [0.05, 0.1) is 4.92 Å². The molecule has 0 atom stereocenters. The zero-order valence-electron chi connectivity index (χ0n) is 8.82. The molecule has 0 bridgehead atoms. The standard InChI is InChI=1S/C6H4ClNO2.C6H6.ClH/c7-5-1-3-6(4-2-5)8(9)10;1-2-4-6-5-3-1;/h1-4H;1-6H;1H. The second kappa shape index (κ2) is 8.56. The van der Waals surface area contributed by atoms with Gasteiger partial charge in [-0.3, -0.25) is 10.1 Å². The van der Waals surface area contributed by atoms with Crippen LogP contribution in [0, 0.1) is 10.1 Å². The predicted octanol–water partition coefficient (Wildman–Crippen LogP) is 4.36. The summed E-state index contributed by atoms with van der Waals surface area (Å²) < 4.78 is 0. The van der Waals surface area contributed by atoms with Crippen molar-refractivity contribution in [1.29, 1.82) is 0 Å². The van der Waals surface area contributed by atoms with Crippen LogP contribution in [0.15, 0.2) is 60.7 Å². The van der Waals surface area contributed by atoms with Crippen molar-refractivity contribution in [2.75, 3.05) is 0 Å². The average Bonchev–Trinajstić information content (AvgIpc) is 2.32. The quantitative estimate of drug-likeness (QED) is 0.572. The Labute approximate surface area is 111 Å². The fourth-order valence-electron chi connectivity index (χ4n) is 0.948. The molecule has 5 heteroatoms. The molecule has 0 amide bonds. The smallest absolute Gasteiger partial charge is 0.258 e. The minimum absolute atomic E-state index is 0. The summed E-state index contributed by atoms with van der Waals surface area (Å²) >= 11 is 5.49. The van der Waals surface area contributed by atoms with Crippen molar-refractivity contribution in [2.45, 2.75) is 0 Å². The average molecular weight is 272 g/mol. The molecule has 0 heterocycles. The molecule has 2 aromatic rings. The molecule has 17 heavy (non-hydrogen) atoms. The van der Waals surface area contributed by atoms with Crippen molar-refractivity contribution in [2.24, 2.45) is 0 Å². The molecule has 0 saturated heterocycles. The summed E-state index contributed by atoms with van der Waals surface area (Å²) in [5.74, 6) is 0. The van der Waals surface area contributed by atoms with Gasteiger partial charge in [0, 0.05) is 17.2 Å². The molecule has 0 spiro atoms. The third kappa shape index (κ3) is 6.56. The molecule has 0 radical (unpaired) electrons. The van der Waals surface area contributed by atoms with Crippen LogP contribution < -0.4 is 0 Å². The van der Waals surface area contributed by atoms with E-state index >= 15 is 0 Å². The Morgan fingerprint density at radius 3 is 1.53 bits per heavy atom. The van der Waals surface area contributed by atoms with Crippen LogP contribution in [0.5, 0.6) is 0 Å². The Kier molecular flexibility index (Phi) is 7.76.